The van der Waals surface area contributed by atoms with Crippen LogP contribution in [0.3, 0.4) is 0 Å². The zero-order valence-corrected chi connectivity index (χ0v) is 14.4. The molecule has 0 saturated carbocycles. The van der Waals surface area contributed by atoms with Crippen LogP contribution in [0.5, 0.6) is 0 Å². The summed E-state index contributed by atoms with van der Waals surface area (Å²) in [5.74, 6) is 2.08. The highest BCUT2D eigenvalue weighted by atomic mass is 35.5. The van der Waals surface area contributed by atoms with Crippen molar-refractivity contribution in [3.63, 3.8) is 0 Å². The van der Waals surface area contributed by atoms with E-state index in [0.717, 1.165) is 53.7 Å². The number of anilines is 2. The second kappa shape index (κ2) is 6.29. The van der Waals surface area contributed by atoms with E-state index in [1.54, 1.807) is 0 Å². The first kappa shape index (κ1) is 15.2. The predicted octanol–water partition coefficient (Wildman–Crippen LogP) is 3.92. The van der Waals surface area contributed by atoms with Gasteiger partial charge in [0, 0.05) is 42.8 Å². The van der Waals surface area contributed by atoms with Gasteiger partial charge in [-0.2, -0.15) is 0 Å². The molecule has 3 aromatic rings. The van der Waals surface area contributed by atoms with Crippen molar-refractivity contribution in [1.29, 1.82) is 0 Å². The number of pyridine rings is 2. The topological polar surface area (TPSA) is 32.3 Å². The molecule has 1 aromatic carbocycles. The molecule has 4 rings (SSSR count). The maximum absolute atomic E-state index is 6.13. The highest BCUT2D eigenvalue weighted by Gasteiger charge is 2.19. The Bertz CT molecular complexity index is 858. The minimum absolute atomic E-state index is 0.728. The van der Waals surface area contributed by atoms with Crippen LogP contribution in [-0.2, 0) is 0 Å². The van der Waals surface area contributed by atoms with Gasteiger partial charge in [-0.3, -0.25) is 0 Å². The third-order valence-corrected chi connectivity index (χ3v) is 4.78. The Morgan fingerprint density at radius 1 is 0.917 bits per heavy atom. The Morgan fingerprint density at radius 2 is 1.67 bits per heavy atom. The summed E-state index contributed by atoms with van der Waals surface area (Å²) in [7, 11) is 0. The fraction of sp³-hybridized carbons (Fsp3) is 0.263. The van der Waals surface area contributed by atoms with Crippen LogP contribution in [0, 0.1) is 6.92 Å². The number of aryl methyl sites for hydroxylation is 1. The Morgan fingerprint density at radius 3 is 2.38 bits per heavy atom. The van der Waals surface area contributed by atoms with E-state index in [4.69, 9.17) is 16.6 Å². The Balaban J connectivity index is 1.56. The van der Waals surface area contributed by atoms with Gasteiger partial charge in [0.05, 0.1) is 5.52 Å². The molecule has 0 amide bonds. The summed E-state index contributed by atoms with van der Waals surface area (Å²) in [5.41, 5.74) is 2.20. The van der Waals surface area contributed by atoms with Crippen molar-refractivity contribution in [3.05, 3.63) is 59.2 Å². The summed E-state index contributed by atoms with van der Waals surface area (Å²) >= 11 is 6.13. The van der Waals surface area contributed by atoms with Crippen LogP contribution in [0.15, 0.2) is 48.7 Å². The predicted molar refractivity (Wildman–Crippen MR) is 100 cm³/mol. The molecular formula is C19H19ClN4. The number of rotatable bonds is 2. The number of fused-ring (bicyclic) bond motifs is 1. The van der Waals surface area contributed by atoms with Crippen molar-refractivity contribution in [2.75, 3.05) is 36.0 Å². The van der Waals surface area contributed by atoms with E-state index in [-0.39, 0.29) is 0 Å². The lowest BCUT2D eigenvalue weighted by atomic mass is 10.1. The molecule has 0 unspecified atom stereocenters. The number of piperazine rings is 1. The summed E-state index contributed by atoms with van der Waals surface area (Å²) in [6.45, 7) is 5.91. The van der Waals surface area contributed by atoms with E-state index in [1.807, 2.05) is 36.5 Å². The highest BCUT2D eigenvalue weighted by Crippen LogP contribution is 2.26. The van der Waals surface area contributed by atoms with Crippen molar-refractivity contribution in [2.24, 2.45) is 0 Å². The molecule has 1 fully saturated rings. The van der Waals surface area contributed by atoms with Crippen LogP contribution in [0.2, 0.25) is 5.02 Å². The zero-order valence-electron chi connectivity index (χ0n) is 13.6. The molecule has 0 aliphatic carbocycles. The van der Waals surface area contributed by atoms with Crippen molar-refractivity contribution >= 4 is 34.1 Å². The van der Waals surface area contributed by atoms with Crippen molar-refractivity contribution in [3.8, 4) is 0 Å². The first-order valence-corrected chi connectivity index (χ1v) is 8.56. The first-order valence-electron chi connectivity index (χ1n) is 8.18. The van der Waals surface area contributed by atoms with Gasteiger partial charge in [0.2, 0.25) is 0 Å². The third kappa shape index (κ3) is 2.89. The van der Waals surface area contributed by atoms with Crippen molar-refractivity contribution in [1.82, 2.24) is 9.97 Å². The molecule has 0 N–H and O–H groups in total. The van der Waals surface area contributed by atoms with Crippen LogP contribution in [0.1, 0.15) is 5.56 Å². The van der Waals surface area contributed by atoms with E-state index in [9.17, 15) is 0 Å². The molecule has 0 bridgehead atoms. The molecule has 2 aromatic heterocycles. The van der Waals surface area contributed by atoms with Gasteiger partial charge in [-0.15, -0.1) is 0 Å². The Hall–Kier alpha value is -2.33. The largest absolute Gasteiger partial charge is 0.353 e. The average Bonchev–Trinajstić information content (AvgIpc) is 2.62. The number of benzene rings is 1. The Labute approximate surface area is 146 Å². The molecule has 5 heteroatoms. The lowest BCUT2D eigenvalue weighted by Crippen LogP contribution is -2.47. The van der Waals surface area contributed by atoms with Gasteiger partial charge >= 0.3 is 0 Å². The van der Waals surface area contributed by atoms with Gasteiger partial charge < -0.3 is 9.80 Å². The maximum Gasteiger partial charge on any atom is 0.129 e. The van der Waals surface area contributed by atoms with Crippen LogP contribution in [0.25, 0.3) is 10.9 Å². The van der Waals surface area contributed by atoms with Gasteiger partial charge in [0.1, 0.15) is 11.6 Å². The van der Waals surface area contributed by atoms with Gasteiger partial charge in [-0.25, -0.2) is 9.97 Å². The smallest absolute Gasteiger partial charge is 0.129 e. The number of halogens is 1. The minimum Gasteiger partial charge on any atom is -0.353 e. The fourth-order valence-electron chi connectivity index (χ4n) is 3.23. The second-order valence-electron chi connectivity index (χ2n) is 6.12. The fourth-order valence-corrected chi connectivity index (χ4v) is 3.39. The van der Waals surface area contributed by atoms with E-state index >= 15 is 0 Å². The van der Waals surface area contributed by atoms with Crippen LogP contribution in [-0.4, -0.2) is 36.1 Å². The lowest BCUT2D eigenvalue weighted by molar-refractivity contribution is 0.642. The number of hydrogen-bond donors (Lipinski definition) is 0. The number of hydrogen-bond acceptors (Lipinski definition) is 4. The molecule has 3 heterocycles. The van der Waals surface area contributed by atoms with Gasteiger partial charge in [0.25, 0.3) is 0 Å². The van der Waals surface area contributed by atoms with Crippen molar-refractivity contribution < 1.29 is 0 Å². The summed E-state index contributed by atoms with van der Waals surface area (Å²) in [6, 6.07) is 14.1. The second-order valence-corrected chi connectivity index (χ2v) is 6.56. The molecule has 4 nitrogen and oxygen atoms in total. The summed E-state index contributed by atoms with van der Waals surface area (Å²) < 4.78 is 0. The molecule has 24 heavy (non-hydrogen) atoms. The number of aromatic nitrogens is 2. The molecular weight excluding hydrogens is 320 g/mol. The summed E-state index contributed by atoms with van der Waals surface area (Å²) in [4.78, 5) is 13.9. The summed E-state index contributed by atoms with van der Waals surface area (Å²) in [6.07, 6.45) is 1.85. The van der Waals surface area contributed by atoms with E-state index < -0.39 is 0 Å². The molecule has 1 aliphatic heterocycles. The van der Waals surface area contributed by atoms with E-state index in [1.165, 1.54) is 5.56 Å². The van der Waals surface area contributed by atoms with Crippen LogP contribution < -0.4 is 9.80 Å². The maximum atomic E-state index is 6.13. The van der Waals surface area contributed by atoms with Crippen LogP contribution >= 0.6 is 11.6 Å². The van der Waals surface area contributed by atoms with E-state index in [0.29, 0.717) is 0 Å². The van der Waals surface area contributed by atoms with Gasteiger partial charge in [-0.1, -0.05) is 23.7 Å². The molecule has 122 valence electrons. The molecule has 1 aliphatic rings. The molecule has 0 radical (unpaired) electrons. The normalized spacial score (nSPS) is 15.1. The highest BCUT2D eigenvalue weighted by molar-refractivity contribution is 6.31. The van der Waals surface area contributed by atoms with Gasteiger partial charge in [0.15, 0.2) is 0 Å². The van der Waals surface area contributed by atoms with E-state index in [2.05, 4.69) is 33.8 Å². The lowest BCUT2D eigenvalue weighted by Gasteiger charge is -2.36. The third-order valence-electron chi connectivity index (χ3n) is 4.54. The first-order chi connectivity index (χ1) is 11.7. The number of nitrogens with zero attached hydrogens (tertiary/aromatic N) is 4. The van der Waals surface area contributed by atoms with Crippen molar-refractivity contribution in [2.45, 2.75) is 6.92 Å². The summed E-state index contributed by atoms with van der Waals surface area (Å²) in [5, 5.41) is 1.89. The average molecular weight is 339 g/mol. The molecule has 0 spiro atoms. The molecule has 1 saturated heterocycles. The zero-order chi connectivity index (χ0) is 16.5. The van der Waals surface area contributed by atoms with Gasteiger partial charge in [-0.05, 0) is 42.8 Å². The van der Waals surface area contributed by atoms with Crippen LogP contribution in [0.4, 0.5) is 11.6 Å². The quantitative estimate of drug-likeness (QED) is 0.709. The molecule has 0 atom stereocenters. The minimum atomic E-state index is 0.728. The monoisotopic (exact) mass is 338 g/mol. The Kier molecular flexibility index (Phi) is 3.98. The standard InChI is InChI=1S/C19H19ClN4/c1-14-12-19(22-17-13-15(20)5-6-16(14)17)24-10-8-23(9-11-24)18-4-2-3-7-21-18/h2-7,12-13H,8-11H2,1H3. The SMILES string of the molecule is Cc1cc(N2CCN(c3ccccn3)CC2)nc2cc(Cl)ccc12.